The van der Waals surface area contributed by atoms with E-state index in [1.54, 1.807) is 0 Å². The summed E-state index contributed by atoms with van der Waals surface area (Å²) in [6.07, 6.45) is 0.885. The molecule has 21 heavy (non-hydrogen) atoms. The first kappa shape index (κ1) is 12.0. The van der Waals surface area contributed by atoms with Crippen LogP contribution in [0.2, 0.25) is 0 Å². The van der Waals surface area contributed by atoms with E-state index in [0.717, 1.165) is 42.1 Å². The fourth-order valence-corrected chi connectivity index (χ4v) is 4.64. The van der Waals surface area contributed by atoms with E-state index < -0.39 is 6.10 Å². The van der Waals surface area contributed by atoms with Crippen LogP contribution in [0.1, 0.15) is 29.9 Å². The van der Waals surface area contributed by atoms with Crippen LogP contribution in [0.25, 0.3) is 0 Å². The minimum atomic E-state index is -0.812. The highest BCUT2D eigenvalue weighted by Gasteiger charge is 2.52. The highest BCUT2D eigenvalue weighted by atomic mass is 16.7. The molecule has 0 amide bonds. The average Bonchev–Trinajstić information content (AvgIpc) is 3.08. The molecule has 0 bridgehead atoms. The zero-order chi connectivity index (χ0) is 14.1. The summed E-state index contributed by atoms with van der Waals surface area (Å²) in [4.78, 5) is 15.0. The minimum absolute atomic E-state index is 0.0250. The quantitative estimate of drug-likeness (QED) is 0.772. The van der Waals surface area contributed by atoms with Gasteiger partial charge in [0, 0.05) is 12.6 Å². The Morgan fingerprint density at radius 1 is 1.24 bits per heavy atom. The van der Waals surface area contributed by atoms with Gasteiger partial charge in [-0.3, -0.25) is 9.69 Å². The van der Waals surface area contributed by atoms with Crippen LogP contribution in [-0.2, 0) is 11.3 Å². The number of carbonyl (C=O) groups is 1. The number of aliphatic hydroxyl groups excluding tert-OH is 1. The number of hydrogen-bond acceptors (Lipinski definition) is 5. The number of fused-ring (bicyclic) bond motifs is 3. The SMILES string of the molecule is O=C1[C@@H]2c3cc4c(cc3CN3CC[C@H](C[C@@H]1O)[C@H]23)OCO4. The largest absolute Gasteiger partial charge is 0.454 e. The zero-order valence-electron chi connectivity index (χ0n) is 11.6. The van der Waals surface area contributed by atoms with Crippen LogP contribution < -0.4 is 9.47 Å². The van der Waals surface area contributed by atoms with Crippen molar-refractivity contribution in [1.82, 2.24) is 4.90 Å². The molecule has 1 aromatic rings. The Hall–Kier alpha value is -1.59. The van der Waals surface area contributed by atoms with E-state index in [1.165, 1.54) is 0 Å². The molecule has 2 fully saturated rings. The Kier molecular flexibility index (Phi) is 2.28. The molecule has 1 saturated carbocycles. The van der Waals surface area contributed by atoms with Crippen molar-refractivity contribution in [2.24, 2.45) is 5.92 Å². The maximum Gasteiger partial charge on any atom is 0.231 e. The van der Waals surface area contributed by atoms with Crippen molar-refractivity contribution in [3.05, 3.63) is 23.3 Å². The number of aliphatic hydroxyl groups is 1. The van der Waals surface area contributed by atoms with Gasteiger partial charge in [0.1, 0.15) is 6.10 Å². The molecule has 5 rings (SSSR count). The normalized spacial score (nSPS) is 36.5. The van der Waals surface area contributed by atoms with Gasteiger partial charge in [-0.25, -0.2) is 0 Å². The third kappa shape index (κ3) is 1.50. The van der Waals surface area contributed by atoms with Gasteiger partial charge in [0.15, 0.2) is 17.3 Å². The van der Waals surface area contributed by atoms with Crippen molar-refractivity contribution >= 4 is 5.78 Å². The minimum Gasteiger partial charge on any atom is -0.454 e. The van der Waals surface area contributed by atoms with E-state index in [-0.39, 0.29) is 24.5 Å². The maximum atomic E-state index is 12.6. The Labute approximate surface area is 122 Å². The molecule has 5 heteroatoms. The number of nitrogens with zero attached hydrogens (tertiary/aromatic N) is 1. The third-order valence-corrected chi connectivity index (χ3v) is 5.54. The first-order valence-corrected chi connectivity index (χ1v) is 7.60. The molecule has 1 N–H and O–H groups in total. The van der Waals surface area contributed by atoms with Gasteiger partial charge in [-0.05, 0) is 48.6 Å². The van der Waals surface area contributed by atoms with Gasteiger partial charge in [-0.1, -0.05) is 0 Å². The van der Waals surface area contributed by atoms with E-state index in [1.807, 2.05) is 12.1 Å². The molecule has 4 aliphatic rings. The third-order valence-electron chi connectivity index (χ3n) is 5.54. The molecule has 0 unspecified atom stereocenters. The maximum absolute atomic E-state index is 12.6. The highest BCUT2D eigenvalue weighted by molar-refractivity contribution is 5.92. The fourth-order valence-electron chi connectivity index (χ4n) is 4.64. The Bertz CT molecular complexity index is 643. The van der Waals surface area contributed by atoms with Crippen LogP contribution in [0, 0.1) is 5.92 Å². The number of carbonyl (C=O) groups excluding carboxylic acids is 1. The van der Waals surface area contributed by atoms with E-state index in [0.29, 0.717) is 12.3 Å². The molecule has 5 nitrogen and oxygen atoms in total. The first-order valence-electron chi connectivity index (χ1n) is 7.60. The molecule has 4 atom stereocenters. The topological polar surface area (TPSA) is 59.0 Å². The smallest absolute Gasteiger partial charge is 0.231 e. The van der Waals surface area contributed by atoms with Crippen molar-refractivity contribution in [3.8, 4) is 11.5 Å². The molecule has 0 spiro atoms. The number of ketones is 1. The fraction of sp³-hybridized carbons (Fsp3) is 0.562. The number of benzene rings is 1. The number of Topliss-reactive ketones (excluding diaryl/α,β-unsaturated/α-hetero) is 1. The lowest BCUT2D eigenvalue weighted by molar-refractivity contribution is -0.135. The van der Waals surface area contributed by atoms with Crippen LogP contribution >= 0.6 is 0 Å². The summed E-state index contributed by atoms with van der Waals surface area (Å²) in [5.41, 5.74) is 2.18. The number of rotatable bonds is 0. The predicted octanol–water partition coefficient (Wildman–Crippen LogP) is 1.04. The van der Waals surface area contributed by atoms with Crippen LogP contribution in [0.5, 0.6) is 11.5 Å². The average molecular weight is 287 g/mol. The molecular weight excluding hydrogens is 270 g/mol. The molecule has 1 aliphatic carbocycles. The summed E-state index contributed by atoms with van der Waals surface area (Å²) in [7, 11) is 0. The van der Waals surface area contributed by atoms with Crippen molar-refractivity contribution in [2.45, 2.75) is 37.5 Å². The molecule has 110 valence electrons. The second-order valence-electron chi connectivity index (χ2n) is 6.55. The van der Waals surface area contributed by atoms with Crippen LogP contribution in [0.15, 0.2) is 12.1 Å². The Morgan fingerprint density at radius 2 is 2.05 bits per heavy atom. The molecule has 1 aromatic carbocycles. The molecule has 3 aliphatic heterocycles. The van der Waals surface area contributed by atoms with Crippen LogP contribution in [-0.4, -0.2) is 41.3 Å². The Balaban J connectivity index is 1.68. The standard InChI is InChI=1S/C16H17NO4/c18-11-3-8-1-2-17-6-9-4-12-13(21-7-20-12)5-10(9)14(15(8)17)16(11)19/h4-5,8,11,14-15,18H,1-3,6-7H2/t8-,11+,14-,15-/m1/s1. The van der Waals surface area contributed by atoms with Gasteiger partial charge in [0.05, 0.1) is 5.92 Å². The Morgan fingerprint density at radius 3 is 2.90 bits per heavy atom. The van der Waals surface area contributed by atoms with Crippen LogP contribution in [0.3, 0.4) is 0 Å². The lowest BCUT2D eigenvalue weighted by atomic mass is 9.69. The zero-order valence-corrected chi connectivity index (χ0v) is 11.6. The summed E-state index contributed by atoms with van der Waals surface area (Å²) >= 11 is 0. The van der Waals surface area contributed by atoms with Crippen molar-refractivity contribution in [3.63, 3.8) is 0 Å². The second kappa shape index (κ2) is 3.99. The summed E-state index contributed by atoms with van der Waals surface area (Å²) in [5.74, 6) is 1.69. The van der Waals surface area contributed by atoms with Crippen molar-refractivity contribution in [2.75, 3.05) is 13.3 Å². The van der Waals surface area contributed by atoms with E-state index >= 15 is 0 Å². The number of hydrogen-bond donors (Lipinski definition) is 1. The lowest BCUT2D eigenvalue weighted by Gasteiger charge is -2.44. The molecule has 0 radical (unpaired) electrons. The van der Waals surface area contributed by atoms with Crippen LogP contribution in [0.4, 0.5) is 0 Å². The predicted molar refractivity (Wildman–Crippen MR) is 73.2 cm³/mol. The summed E-state index contributed by atoms with van der Waals surface area (Å²) in [6.45, 7) is 2.13. The van der Waals surface area contributed by atoms with Gasteiger partial charge in [0.25, 0.3) is 0 Å². The number of ether oxygens (including phenoxy) is 2. The molecule has 0 aromatic heterocycles. The lowest BCUT2D eigenvalue weighted by Crippen LogP contribution is -2.51. The molecule has 3 heterocycles. The monoisotopic (exact) mass is 287 g/mol. The van der Waals surface area contributed by atoms with E-state index in [4.69, 9.17) is 9.47 Å². The summed E-state index contributed by atoms with van der Waals surface area (Å²) < 4.78 is 10.9. The molecular formula is C16H17NO4. The van der Waals surface area contributed by atoms with Crippen molar-refractivity contribution < 1.29 is 19.4 Å². The van der Waals surface area contributed by atoms with Gasteiger partial charge in [0.2, 0.25) is 6.79 Å². The van der Waals surface area contributed by atoms with Gasteiger partial charge in [-0.15, -0.1) is 0 Å². The van der Waals surface area contributed by atoms with Gasteiger partial charge in [-0.2, -0.15) is 0 Å². The first-order chi connectivity index (χ1) is 10.2. The second-order valence-corrected chi connectivity index (χ2v) is 6.55. The van der Waals surface area contributed by atoms with Crippen molar-refractivity contribution in [1.29, 1.82) is 0 Å². The highest BCUT2D eigenvalue weighted by Crippen LogP contribution is 2.50. The van der Waals surface area contributed by atoms with E-state index in [2.05, 4.69) is 4.90 Å². The summed E-state index contributed by atoms with van der Waals surface area (Å²) in [5, 5.41) is 10.1. The van der Waals surface area contributed by atoms with Gasteiger partial charge >= 0.3 is 0 Å². The summed E-state index contributed by atoms with van der Waals surface area (Å²) in [6, 6.07) is 4.23. The van der Waals surface area contributed by atoms with E-state index in [9.17, 15) is 9.90 Å². The molecule has 1 saturated heterocycles. The van der Waals surface area contributed by atoms with Gasteiger partial charge < -0.3 is 14.6 Å².